The van der Waals surface area contributed by atoms with E-state index in [0.717, 1.165) is 5.56 Å². The van der Waals surface area contributed by atoms with Gasteiger partial charge in [-0.05, 0) is 24.1 Å². The average molecular weight is 363 g/mol. The van der Waals surface area contributed by atoms with Crippen molar-refractivity contribution in [2.45, 2.75) is 44.5 Å². The summed E-state index contributed by atoms with van der Waals surface area (Å²) in [7, 11) is 0. The van der Waals surface area contributed by atoms with Crippen molar-refractivity contribution in [2.75, 3.05) is 13.1 Å². The van der Waals surface area contributed by atoms with E-state index in [1.54, 1.807) is 17.0 Å². The number of amides is 3. The molecule has 2 aliphatic rings. The number of nitrogens with one attached hydrogen (secondary N) is 1. The zero-order chi connectivity index (χ0) is 18.8. The molecule has 0 aliphatic carbocycles. The van der Waals surface area contributed by atoms with Gasteiger partial charge in [0, 0.05) is 33.0 Å². The summed E-state index contributed by atoms with van der Waals surface area (Å²) < 4.78 is 13.0. The van der Waals surface area contributed by atoms with Gasteiger partial charge in [-0.2, -0.15) is 0 Å². The predicted octanol–water partition coefficient (Wildman–Crippen LogP) is 0.0245. The number of aliphatic hydroxyl groups is 1. The summed E-state index contributed by atoms with van der Waals surface area (Å²) in [6.07, 6.45) is -0.0869. The van der Waals surface area contributed by atoms with Crippen LogP contribution in [0.15, 0.2) is 24.3 Å². The Morgan fingerprint density at radius 3 is 2.65 bits per heavy atom. The van der Waals surface area contributed by atoms with Gasteiger partial charge in [-0.1, -0.05) is 12.1 Å². The molecule has 26 heavy (non-hydrogen) atoms. The first-order chi connectivity index (χ1) is 12.3. The number of nitrogens with zero attached hydrogens (tertiary/aromatic N) is 2. The Bertz CT molecular complexity index is 709. The lowest BCUT2D eigenvalue weighted by atomic mass is 10.1. The number of likely N-dealkylation sites (tertiary alicyclic amines) is 2. The second-order valence-corrected chi connectivity index (χ2v) is 6.81. The fourth-order valence-corrected chi connectivity index (χ4v) is 3.52. The first kappa shape index (κ1) is 18.3. The van der Waals surface area contributed by atoms with Crippen molar-refractivity contribution in [3.63, 3.8) is 0 Å². The fraction of sp³-hybridized carbons (Fsp3) is 0.500. The van der Waals surface area contributed by atoms with Gasteiger partial charge in [0.25, 0.3) is 0 Å². The zero-order valence-electron chi connectivity index (χ0n) is 14.5. The van der Waals surface area contributed by atoms with Crippen LogP contribution in [0.4, 0.5) is 4.39 Å². The van der Waals surface area contributed by atoms with Crippen molar-refractivity contribution in [2.24, 2.45) is 0 Å². The van der Waals surface area contributed by atoms with Crippen molar-refractivity contribution in [1.29, 1.82) is 0 Å². The first-order valence-corrected chi connectivity index (χ1v) is 8.64. The van der Waals surface area contributed by atoms with Crippen LogP contribution in [0.25, 0.3) is 0 Å². The van der Waals surface area contributed by atoms with Crippen LogP contribution in [-0.4, -0.2) is 63.9 Å². The van der Waals surface area contributed by atoms with E-state index < -0.39 is 24.1 Å². The number of benzene rings is 1. The quantitative estimate of drug-likeness (QED) is 0.790. The minimum atomic E-state index is -0.749. The van der Waals surface area contributed by atoms with Crippen LogP contribution in [0.5, 0.6) is 0 Å². The normalized spacial score (nSPS) is 25.7. The molecule has 1 aromatic carbocycles. The van der Waals surface area contributed by atoms with Crippen LogP contribution in [0.3, 0.4) is 0 Å². The van der Waals surface area contributed by atoms with Gasteiger partial charge >= 0.3 is 0 Å². The molecule has 2 N–H and O–H groups in total. The SMILES string of the molecule is CC(=O)N1C[C@@H](O)C[C@@H]1C(=O)NC1CCN(Cc2ccc(F)cc2)C1=O. The van der Waals surface area contributed by atoms with Gasteiger partial charge in [0.1, 0.15) is 17.9 Å². The Morgan fingerprint density at radius 2 is 2.00 bits per heavy atom. The number of hydrogen-bond acceptors (Lipinski definition) is 4. The highest BCUT2D eigenvalue weighted by Crippen LogP contribution is 2.20. The number of hydrogen-bond donors (Lipinski definition) is 2. The fourth-order valence-electron chi connectivity index (χ4n) is 3.52. The van der Waals surface area contributed by atoms with Gasteiger partial charge in [0.05, 0.1) is 6.10 Å². The Labute approximate surface area is 150 Å². The molecule has 0 saturated carbocycles. The molecule has 3 rings (SSSR count). The van der Waals surface area contributed by atoms with E-state index in [0.29, 0.717) is 19.5 Å². The van der Waals surface area contributed by atoms with Crippen molar-refractivity contribution >= 4 is 17.7 Å². The molecule has 2 aliphatic heterocycles. The maximum absolute atomic E-state index is 13.0. The first-order valence-electron chi connectivity index (χ1n) is 8.64. The van der Waals surface area contributed by atoms with E-state index in [2.05, 4.69) is 5.32 Å². The standard InChI is InChI=1S/C18H22FN3O4/c1-11(23)22-10-14(24)8-16(22)17(25)20-15-6-7-21(18(15)26)9-12-2-4-13(19)5-3-12/h2-5,14-16,24H,6-10H2,1H3,(H,20,25)/t14-,15?,16+/m0/s1. The van der Waals surface area contributed by atoms with Gasteiger partial charge in [-0.15, -0.1) is 0 Å². The Kier molecular flexibility index (Phi) is 5.22. The van der Waals surface area contributed by atoms with Gasteiger partial charge in [-0.3, -0.25) is 14.4 Å². The van der Waals surface area contributed by atoms with E-state index in [4.69, 9.17) is 0 Å². The second kappa shape index (κ2) is 7.41. The Hall–Kier alpha value is -2.48. The molecule has 2 saturated heterocycles. The topological polar surface area (TPSA) is 89.9 Å². The number of rotatable bonds is 4. The highest BCUT2D eigenvalue weighted by molar-refractivity contribution is 5.93. The molecule has 1 unspecified atom stereocenters. The maximum atomic E-state index is 13.0. The van der Waals surface area contributed by atoms with E-state index in [1.807, 2.05) is 0 Å². The predicted molar refractivity (Wildman–Crippen MR) is 90.2 cm³/mol. The third kappa shape index (κ3) is 3.85. The lowest BCUT2D eigenvalue weighted by Crippen LogP contribution is -2.50. The Balaban J connectivity index is 1.59. The highest BCUT2D eigenvalue weighted by atomic mass is 19.1. The molecule has 7 nitrogen and oxygen atoms in total. The summed E-state index contributed by atoms with van der Waals surface area (Å²) in [5.41, 5.74) is 0.813. The van der Waals surface area contributed by atoms with Crippen molar-refractivity contribution in [1.82, 2.24) is 15.1 Å². The molecular formula is C18H22FN3O4. The summed E-state index contributed by atoms with van der Waals surface area (Å²) >= 11 is 0. The molecule has 0 bridgehead atoms. The smallest absolute Gasteiger partial charge is 0.245 e. The van der Waals surface area contributed by atoms with Crippen molar-refractivity contribution in [3.8, 4) is 0 Å². The average Bonchev–Trinajstić information content (AvgIpc) is 3.14. The summed E-state index contributed by atoms with van der Waals surface area (Å²) in [5.74, 6) is -1.23. The van der Waals surface area contributed by atoms with E-state index in [9.17, 15) is 23.9 Å². The monoisotopic (exact) mass is 363 g/mol. The van der Waals surface area contributed by atoms with Gasteiger partial charge < -0.3 is 20.2 Å². The molecule has 1 aromatic rings. The molecule has 8 heteroatoms. The molecule has 140 valence electrons. The summed E-state index contributed by atoms with van der Waals surface area (Å²) in [4.78, 5) is 39.6. The number of aliphatic hydroxyl groups excluding tert-OH is 1. The molecule has 3 atom stereocenters. The highest BCUT2D eigenvalue weighted by Gasteiger charge is 2.40. The van der Waals surface area contributed by atoms with Gasteiger partial charge in [0.2, 0.25) is 17.7 Å². The number of halogens is 1. The Morgan fingerprint density at radius 1 is 1.31 bits per heavy atom. The minimum Gasteiger partial charge on any atom is -0.391 e. The van der Waals surface area contributed by atoms with Crippen LogP contribution in [0, 0.1) is 5.82 Å². The number of β-amino-alcohol motifs (C(OH)–C–C–N with tert-alkyl or cyclic N) is 1. The summed E-state index contributed by atoms with van der Waals surface area (Å²) in [6, 6.07) is 4.54. The van der Waals surface area contributed by atoms with Crippen LogP contribution in [-0.2, 0) is 20.9 Å². The van der Waals surface area contributed by atoms with Crippen LogP contribution < -0.4 is 5.32 Å². The lowest BCUT2D eigenvalue weighted by molar-refractivity contribution is -0.138. The third-order valence-electron chi connectivity index (χ3n) is 4.89. The number of carbonyl (C=O) groups excluding carboxylic acids is 3. The molecule has 0 spiro atoms. The van der Waals surface area contributed by atoms with Gasteiger partial charge in [-0.25, -0.2) is 4.39 Å². The molecule has 0 radical (unpaired) electrons. The molecular weight excluding hydrogens is 341 g/mol. The third-order valence-corrected chi connectivity index (χ3v) is 4.89. The molecule has 0 aromatic heterocycles. The largest absolute Gasteiger partial charge is 0.391 e. The minimum absolute atomic E-state index is 0.128. The van der Waals surface area contributed by atoms with Crippen molar-refractivity contribution in [3.05, 3.63) is 35.6 Å². The summed E-state index contributed by atoms with van der Waals surface area (Å²) in [5, 5.41) is 12.4. The van der Waals surface area contributed by atoms with Crippen LogP contribution in [0.1, 0.15) is 25.3 Å². The van der Waals surface area contributed by atoms with E-state index in [1.165, 1.54) is 24.0 Å². The van der Waals surface area contributed by atoms with Gasteiger partial charge in [0.15, 0.2) is 0 Å². The molecule has 2 fully saturated rings. The molecule has 3 amide bonds. The number of carbonyl (C=O) groups is 3. The zero-order valence-corrected chi connectivity index (χ0v) is 14.5. The van der Waals surface area contributed by atoms with E-state index >= 15 is 0 Å². The summed E-state index contributed by atoms with van der Waals surface area (Å²) in [6.45, 7) is 2.32. The molecule has 2 heterocycles. The van der Waals surface area contributed by atoms with E-state index in [-0.39, 0.29) is 30.6 Å². The van der Waals surface area contributed by atoms with Crippen LogP contribution >= 0.6 is 0 Å². The van der Waals surface area contributed by atoms with Crippen molar-refractivity contribution < 1.29 is 23.9 Å². The maximum Gasteiger partial charge on any atom is 0.245 e. The second-order valence-electron chi connectivity index (χ2n) is 6.81. The van der Waals surface area contributed by atoms with Crippen LogP contribution in [0.2, 0.25) is 0 Å². The lowest BCUT2D eigenvalue weighted by Gasteiger charge is -2.23.